The first-order valence-electron chi connectivity index (χ1n) is 5.71. The number of halogens is 3. The van der Waals surface area contributed by atoms with E-state index in [9.17, 15) is 0 Å². The van der Waals surface area contributed by atoms with Gasteiger partial charge in [-0.05, 0) is 42.2 Å². The molecule has 0 heterocycles. The van der Waals surface area contributed by atoms with Crippen molar-refractivity contribution in [1.29, 1.82) is 0 Å². The Morgan fingerprint density at radius 1 is 1.00 bits per heavy atom. The zero-order valence-corrected chi connectivity index (χ0v) is 14.7. The zero-order chi connectivity index (χ0) is 13.1. The third-order valence-corrected chi connectivity index (χ3v) is 5.23. The molecule has 1 unspecified atom stereocenters. The summed E-state index contributed by atoms with van der Waals surface area (Å²) < 4.78 is 2.30. The molecule has 0 fully saturated rings. The largest absolute Gasteiger partial charge is 0.0835 e. The number of hydrogen-bond acceptors (Lipinski definition) is 0. The summed E-state index contributed by atoms with van der Waals surface area (Å²) in [7, 11) is 0. The van der Waals surface area contributed by atoms with Crippen molar-refractivity contribution in [2.75, 3.05) is 0 Å². The standard InChI is InChI=1S/C15H13Br3/c1-10-7-14(17)12(9-13(10)16)15(18)8-11-5-3-2-4-6-11/h2-7,9,15H,8H2,1H3. The Morgan fingerprint density at radius 3 is 2.33 bits per heavy atom. The predicted molar refractivity (Wildman–Crippen MR) is 88.4 cm³/mol. The van der Waals surface area contributed by atoms with Crippen LogP contribution in [-0.2, 0) is 6.42 Å². The van der Waals surface area contributed by atoms with E-state index < -0.39 is 0 Å². The minimum Gasteiger partial charge on any atom is -0.0835 e. The van der Waals surface area contributed by atoms with Gasteiger partial charge < -0.3 is 0 Å². The van der Waals surface area contributed by atoms with Crippen LogP contribution >= 0.6 is 47.8 Å². The molecule has 0 aromatic heterocycles. The topological polar surface area (TPSA) is 0 Å². The van der Waals surface area contributed by atoms with E-state index in [0.29, 0.717) is 4.83 Å². The van der Waals surface area contributed by atoms with Gasteiger partial charge in [0.25, 0.3) is 0 Å². The molecule has 2 rings (SSSR count). The average molecular weight is 433 g/mol. The van der Waals surface area contributed by atoms with Crippen LogP contribution in [0.15, 0.2) is 51.4 Å². The van der Waals surface area contributed by atoms with E-state index in [-0.39, 0.29) is 0 Å². The normalized spacial score (nSPS) is 12.4. The quantitative estimate of drug-likeness (QED) is 0.506. The Morgan fingerprint density at radius 2 is 1.67 bits per heavy atom. The van der Waals surface area contributed by atoms with E-state index in [4.69, 9.17) is 0 Å². The van der Waals surface area contributed by atoms with Crippen molar-refractivity contribution in [3.63, 3.8) is 0 Å². The van der Waals surface area contributed by atoms with Crippen molar-refractivity contribution < 1.29 is 0 Å². The Balaban J connectivity index is 2.24. The van der Waals surface area contributed by atoms with Crippen LogP contribution in [0.1, 0.15) is 21.5 Å². The molecular formula is C15H13Br3. The lowest BCUT2D eigenvalue weighted by molar-refractivity contribution is 0.941. The van der Waals surface area contributed by atoms with Gasteiger partial charge in [-0.25, -0.2) is 0 Å². The van der Waals surface area contributed by atoms with Crippen LogP contribution in [0.4, 0.5) is 0 Å². The lowest BCUT2D eigenvalue weighted by atomic mass is 10.0. The number of benzene rings is 2. The summed E-state index contributed by atoms with van der Waals surface area (Å²) in [6.07, 6.45) is 0.981. The van der Waals surface area contributed by atoms with Gasteiger partial charge in [-0.3, -0.25) is 0 Å². The molecule has 0 N–H and O–H groups in total. The molecule has 0 bridgehead atoms. The second-order valence-electron chi connectivity index (χ2n) is 4.28. The smallest absolute Gasteiger partial charge is 0.0447 e. The fourth-order valence-electron chi connectivity index (χ4n) is 1.83. The van der Waals surface area contributed by atoms with Gasteiger partial charge in [0.15, 0.2) is 0 Å². The number of hydrogen-bond donors (Lipinski definition) is 0. The molecule has 0 aliphatic heterocycles. The zero-order valence-electron chi connectivity index (χ0n) is 9.96. The van der Waals surface area contributed by atoms with Crippen molar-refractivity contribution in [2.45, 2.75) is 18.2 Å². The summed E-state index contributed by atoms with van der Waals surface area (Å²) in [5.74, 6) is 0. The highest BCUT2D eigenvalue weighted by atomic mass is 79.9. The molecule has 1 atom stereocenters. The van der Waals surface area contributed by atoms with Crippen LogP contribution in [0.3, 0.4) is 0 Å². The maximum absolute atomic E-state index is 3.78. The third-order valence-electron chi connectivity index (χ3n) is 2.87. The molecule has 0 saturated heterocycles. The predicted octanol–water partition coefficient (Wildman–Crippen LogP) is 6.20. The molecule has 0 saturated carbocycles. The highest BCUT2D eigenvalue weighted by Crippen LogP contribution is 2.35. The van der Waals surface area contributed by atoms with Gasteiger partial charge in [0.05, 0.1) is 0 Å². The molecule has 18 heavy (non-hydrogen) atoms. The molecule has 0 spiro atoms. The van der Waals surface area contributed by atoms with E-state index in [1.165, 1.54) is 16.7 Å². The Hall–Kier alpha value is -0.120. The van der Waals surface area contributed by atoms with Crippen LogP contribution in [0.5, 0.6) is 0 Å². The third kappa shape index (κ3) is 3.46. The molecule has 0 nitrogen and oxygen atoms in total. The summed E-state index contributed by atoms with van der Waals surface area (Å²) in [4.78, 5) is 0.311. The van der Waals surface area contributed by atoms with E-state index in [1.54, 1.807) is 0 Å². The Bertz CT molecular complexity index is 535. The molecule has 94 valence electrons. The maximum Gasteiger partial charge on any atom is 0.0447 e. The van der Waals surface area contributed by atoms with Crippen molar-refractivity contribution in [1.82, 2.24) is 0 Å². The first-order valence-corrected chi connectivity index (χ1v) is 8.21. The monoisotopic (exact) mass is 430 g/mol. The number of aryl methyl sites for hydroxylation is 1. The second-order valence-corrected chi connectivity index (χ2v) is 7.09. The highest BCUT2D eigenvalue weighted by Gasteiger charge is 2.13. The number of alkyl halides is 1. The van der Waals surface area contributed by atoms with Gasteiger partial charge >= 0.3 is 0 Å². The Labute approximate surface area is 133 Å². The van der Waals surface area contributed by atoms with Gasteiger partial charge in [0, 0.05) is 13.8 Å². The van der Waals surface area contributed by atoms with Gasteiger partial charge in [-0.15, -0.1) is 0 Å². The fourth-order valence-corrected chi connectivity index (χ4v) is 3.99. The number of rotatable bonds is 3. The van der Waals surface area contributed by atoms with Crippen molar-refractivity contribution in [3.05, 3.63) is 68.1 Å². The van der Waals surface area contributed by atoms with E-state index in [2.05, 4.69) is 91.1 Å². The van der Waals surface area contributed by atoms with Crippen LogP contribution in [0.25, 0.3) is 0 Å². The van der Waals surface area contributed by atoms with Crippen LogP contribution in [0.2, 0.25) is 0 Å². The average Bonchev–Trinajstić information content (AvgIpc) is 2.35. The van der Waals surface area contributed by atoms with Crippen LogP contribution in [-0.4, -0.2) is 0 Å². The summed E-state index contributed by atoms with van der Waals surface area (Å²) >= 11 is 11.0. The van der Waals surface area contributed by atoms with E-state index >= 15 is 0 Å². The molecule has 0 aliphatic carbocycles. The van der Waals surface area contributed by atoms with Gasteiger partial charge in [0.2, 0.25) is 0 Å². The lowest BCUT2D eigenvalue weighted by Crippen LogP contribution is -1.97. The first-order chi connectivity index (χ1) is 8.58. The summed E-state index contributed by atoms with van der Waals surface area (Å²) in [6, 6.07) is 14.9. The van der Waals surface area contributed by atoms with Gasteiger partial charge in [0.1, 0.15) is 0 Å². The van der Waals surface area contributed by atoms with E-state index in [0.717, 1.165) is 15.4 Å². The molecule has 2 aromatic carbocycles. The molecule has 2 aromatic rings. The van der Waals surface area contributed by atoms with Crippen molar-refractivity contribution in [3.8, 4) is 0 Å². The van der Waals surface area contributed by atoms with Crippen LogP contribution in [0, 0.1) is 6.92 Å². The summed E-state index contributed by atoms with van der Waals surface area (Å²) in [6.45, 7) is 2.10. The first kappa shape index (κ1) is 14.3. The summed E-state index contributed by atoms with van der Waals surface area (Å²) in [5, 5.41) is 0. The Kier molecular flexibility index (Phi) is 5.05. The molecular weight excluding hydrogens is 420 g/mol. The SMILES string of the molecule is Cc1cc(Br)c(C(Br)Cc2ccccc2)cc1Br. The van der Waals surface area contributed by atoms with E-state index in [1.807, 2.05) is 6.07 Å². The van der Waals surface area contributed by atoms with Gasteiger partial charge in [-0.1, -0.05) is 78.1 Å². The minimum atomic E-state index is 0.311. The molecule has 3 heteroatoms. The van der Waals surface area contributed by atoms with Crippen molar-refractivity contribution in [2.24, 2.45) is 0 Å². The minimum absolute atomic E-state index is 0.311. The van der Waals surface area contributed by atoms with Gasteiger partial charge in [-0.2, -0.15) is 0 Å². The van der Waals surface area contributed by atoms with Crippen molar-refractivity contribution >= 4 is 47.8 Å². The molecule has 0 radical (unpaired) electrons. The highest BCUT2D eigenvalue weighted by molar-refractivity contribution is 9.11. The fraction of sp³-hybridized carbons (Fsp3) is 0.200. The lowest BCUT2D eigenvalue weighted by Gasteiger charge is -2.14. The summed E-state index contributed by atoms with van der Waals surface area (Å²) in [5.41, 5.74) is 3.85. The molecule has 0 aliphatic rings. The second kappa shape index (κ2) is 6.36. The van der Waals surface area contributed by atoms with Crippen LogP contribution < -0.4 is 0 Å². The maximum atomic E-state index is 3.78. The molecule has 0 amide bonds.